The van der Waals surface area contributed by atoms with Gasteiger partial charge in [0.25, 0.3) is 5.91 Å². The van der Waals surface area contributed by atoms with Crippen LogP contribution in [0.25, 0.3) is 5.65 Å². The number of carbonyl (C=O) groups is 2. The lowest BCUT2D eigenvalue weighted by Crippen LogP contribution is -2.43. The Bertz CT molecular complexity index is 843. The van der Waals surface area contributed by atoms with Gasteiger partial charge < -0.3 is 14.9 Å². The number of rotatable bonds is 3. The Morgan fingerprint density at radius 2 is 1.96 bits per heavy atom. The van der Waals surface area contributed by atoms with Gasteiger partial charge in [0.2, 0.25) is 0 Å². The van der Waals surface area contributed by atoms with Crippen LogP contribution in [0.1, 0.15) is 34.6 Å². The lowest BCUT2D eigenvalue weighted by Gasteiger charge is -2.28. The van der Waals surface area contributed by atoms with E-state index < -0.39 is 11.9 Å². The lowest BCUT2D eigenvalue weighted by atomic mass is 10.0. The zero-order chi connectivity index (χ0) is 19.0. The molecule has 1 fully saturated rings. The minimum atomic E-state index is -0.840. The van der Waals surface area contributed by atoms with Gasteiger partial charge >= 0.3 is 5.97 Å². The van der Waals surface area contributed by atoms with Crippen molar-refractivity contribution >= 4 is 17.5 Å². The van der Waals surface area contributed by atoms with Crippen LogP contribution >= 0.6 is 0 Å². The van der Waals surface area contributed by atoms with Gasteiger partial charge in [-0.15, -0.1) is 0 Å². The number of fused-ring (bicyclic) bond motifs is 1. The zero-order valence-electron chi connectivity index (χ0n) is 15.8. The summed E-state index contributed by atoms with van der Waals surface area (Å²) in [5.41, 5.74) is 3.00. The van der Waals surface area contributed by atoms with Crippen LogP contribution in [0.15, 0.2) is 18.3 Å². The number of hydrogen-bond acceptors (Lipinski definition) is 4. The highest BCUT2D eigenvalue weighted by Crippen LogP contribution is 2.23. The number of aromatic nitrogens is 2. The molecule has 1 amide bonds. The highest BCUT2D eigenvalue weighted by molar-refractivity contribution is 5.95. The second-order valence-corrected chi connectivity index (χ2v) is 7.42. The molecule has 0 aliphatic carbocycles. The Labute approximate surface area is 153 Å². The van der Waals surface area contributed by atoms with E-state index in [1.165, 1.54) is 0 Å². The van der Waals surface area contributed by atoms with E-state index >= 15 is 0 Å². The number of aliphatic carboxylic acids is 1. The molecule has 0 radical (unpaired) electrons. The fourth-order valence-electron chi connectivity index (χ4n) is 3.63. The van der Waals surface area contributed by atoms with Crippen LogP contribution in [0.2, 0.25) is 0 Å². The van der Waals surface area contributed by atoms with E-state index in [1.54, 1.807) is 9.30 Å². The molecule has 1 saturated heterocycles. The lowest BCUT2D eigenvalue weighted by molar-refractivity contribution is -0.142. The average Bonchev–Trinajstić information content (AvgIpc) is 2.75. The van der Waals surface area contributed by atoms with Crippen LogP contribution in [0.3, 0.4) is 0 Å². The van der Waals surface area contributed by atoms with Crippen molar-refractivity contribution in [3.05, 3.63) is 35.3 Å². The molecule has 0 bridgehead atoms. The molecule has 2 aromatic heterocycles. The summed E-state index contributed by atoms with van der Waals surface area (Å²) in [6.07, 6.45) is 3.19. The SMILES string of the molecule is Cc1ccn2c(C(=O)N3C[C@@H](C(=O)O)CC[C@@H](N(C)C)C3)c(C)nc2c1. The number of hydrogen-bond donors (Lipinski definition) is 1. The van der Waals surface area contributed by atoms with Gasteiger partial charge in [-0.05, 0) is 58.5 Å². The third-order valence-electron chi connectivity index (χ3n) is 5.25. The van der Waals surface area contributed by atoms with Crippen LogP contribution < -0.4 is 0 Å². The van der Waals surface area contributed by atoms with Crippen molar-refractivity contribution in [2.24, 2.45) is 5.92 Å². The maximum absolute atomic E-state index is 13.3. The van der Waals surface area contributed by atoms with Gasteiger partial charge in [-0.2, -0.15) is 0 Å². The first-order valence-corrected chi connectivity index (χ1v) is 8.91. The number of likely N-dealkylation sites (tertiary alicyclic amines) is 1. The summed E-state index contributed by atoms with van der Waals surface area (Å²) in [4.78, 5) is 33.2. The molecule has 3 heterocycles. The first-order chi connectivity index (χ1) is 12.3. The number of carbonyl (C=O) groups excluding carboxylic acids is 1. The van der Waals surface area contributed by atoms with Crippen LogP contribution in [0, 0.1) is 19.8 Å². The Balaban J connectivity index is 1.98. The fourth-order valence-corrected chi connectivity index (χ4v) is 3.63. The van der Waals surface area contributed by atoms with Gasteiger partial charge in [0.05, 0.1) is 11.6 Å². The van der Waals surface area contributed by atoms with Gasteiger partial charge in [0.1, 0.15) is 11.3 Å². The minimum absolute atomic E-state index is 0.144. The molecule has 1 aliphatic rings. The smallest absolute Gasteiger partial charge is 0.308 e. The number of amides is 1. The Morgan fingerprint density at radius 3 is 2.62 bits per heavy atom. The van der Waals surface area contributed by atoms with Crippen LogP contribution in [0.4, 0.5) is 0 Å². The van der Waals surface area contributed by atoms with E-state index in [1.807, 2.05) is 46.3 Å². The van der Waals surface area contributed by atoms with Gasteiger partial charge in [0, 0.05) is 25.3 Å². The van der Waals surface area contributed by atoms with E-state index in [0.717, 1.165) is 17.6 Å². The number of likely N-dealkylation sites (N-methyl/N-ethyl adjacent to an activating group) is 1. The van der Waals surface area contributed by atoms with Crippen molar-refractivity contribution in [1.82, 2.24) is 19.2 Å². The predicted octanol–water partition coefficient (Wildman–Crippen LogP) is 1.82. The van der Waals surface area contributed by atoms with E-state index in [-0.39, 0.29) is 18.5 Å². The van der Waals surface area contributed by atoms with Gasteiger partial charge in [-0.3, -0.25) is 14.0 Å². The number of imidazole rings is 1. The summed E-state index contributed by atoms with van der Waals surface area (Å²) in [5, 5.41) is 9.51. The second-order valence-electron chi connectivity index (χ2n) is 7.42. The van der Waals surface area contributed by atoms with Gasteiger partial charge in [-0.25, -0.2) is 4.98 Å². The van der Waals surface area contributed by atoms with Crippen LogP contribution in [-0.2, 0) is 4.79 Å². The molecular weight excluding hydrogens is 332 g/mol. The molecule has 0 spiro atoms. The molecule has 0 aromatic carbocycles. The highest BCUT2D eigenvalue weighted by atomic mass is 16.4. The van der Waals surface area contributed by atoms with E-state index in [4.69, 9.17) is 0 Å². The molecule has 2 aromatic rings. The number of carboxylic acid groups (broad SMARTS) is 1. The summed E-state index contributed by atoms with van der Waals surface area (Å²) in [5.74, 6) is -1.53. The molecule has 0 saturated carbocycles. The monoisotopic (exact) mass is 358 g/mol. The summed E-state index contributed by atoms with van der Waals surface area (Å²) >= 11 is 0. The average molecular weight is 358 g/mol. The zero-order valence-corrected chi connectivity index (χ0v) is 15.8. The second kappa shape index (κ2) is 7.07. The molecule has 7 nitrogen and oxygen atoms in total. The largest absolute Gasteiger partial charge is 0.481 e. The van der Waals surface area contributed by atoms with Gasteiger partial charge in [-0.1, -0.05) is 0 Å². The van der Waals surface area contributed by atoms with Crippen molar-refractivity contribution in [1.29, 1.82) is 0 Å². The first kappa shape index (κ1) is 18.4. The van der Waals surface area contributed by atoms with Crippen molar-refractivity contribution in [2.45, 2.75) is 32.7 Å². The standard InChI is InChI=1S/C19H26N4O3/c1-12-7-8-23-16(9-12)20-13(2)17(23)18(24)22-10-14(19(25)26)5-6-15(11-22)21(3)4/h7-9,14-15H,5-6,10-11H2,1-4H3,(H,25,26)/t14-,15+/m0/s1. The molecular formula is C19H26N4O3. The minimum Gasteiger partial charge on any atom is -0.481 e. The van der Waals surface area contributed by atoms with Gasteiger partial charge in [0.15, 0.2) is 0 Å². The summed E-state index contributed by atoms with van der Waals surface area (Å²) in [6, 6.07) is 4.02. The van der Waals surface area contributed by atoms with Crippen molar-refractivity contribution in [3.63, 3.8) is 0 Å². The molecule has 140 valence electrons. The van der Waals surface area contributed by atoms with Crippen molar-refractivity contribution in [3.8, 4) is 0 Å². The summed E-state index contributed by atoms with van der Waals surface area (Å²) in [7, 11) is 3.94. The summed E-state index contributed by atoms with van der Waals surface area (Å²) in [6.45, 7) is 4.57. The van der Waals surface area contributed by atoms with E-state index in [0.29, 0.717) is 24.4 Å². The topological polar surface area (TPSA) is 78.1 Å². The van der Waals surface area contributed by atoms with E-state index in [9.17, 15) is 14.7 Å². The number of carboxylic acids is 1. The normalized spacial score (nSPS) is 21.2. The Morgan fingerprint density at radius 1 is 1.23 bits per heavy atom. The van der Waals surface area contributed by atoms with Crippen LogP contribution in [-0.4, -0.2) is 69.4 Å². The highest BCUT2D eigenvalue weighted by Gasteiger charge is 2.33. The van der Waals surface area contributed by atoms with Crippen molar-refractivity contribution < 1.29 is 14.7 Å². The molecule has 26 heavy (non-hydrogen) atoms. The quantitative estimate of drug-likeness (QED) is 0.905. The number of pyridine rings is 1. The summed E-state index contributed by atoms with van der Waals surface area (Å²) < 4.78 is 1.80. The first-order valence-electron chi connectivity index (χ1n) is 8.91. The van der Waals surface area contributed by atoms with E-state index in [2.05, 4.69) is 9.88 Å². The Hall–Kier alpha value is -2.41. The third-order valence-corrected chi connectivity index (χ3v) is 5.25. The fraction of sp³-hybridized carbons (Fsp3) is 0.526. The molecule has 3 rings (SSSR count). The third kappa shape index (κ3) is 3.44. The molecule has 2 atom stereocenters. The molecule has 1 aliphatic heterocycles. The predicted molar refractivity (Wildman–Crippen MR) is 98.4 cm³/mol. The van der Waals surface area contributed by atoms with Crippen LogP contribution in [0.5, 0.6) is 0 Å². The molecule has 1 N–H and O–H groups in total. The maximum Gasteiger partial charge on any atom is 0.308 e. The Kier molecular flexibility index (Phi) is 5.00. The molecule has 0 unspecified atom stereocenters. The van der Waals surface area contributed by atoms with Crippen molar-refractivity contribution in [2.75, 3.05) is 27.2 Å². The maximum atomic E-state index is 13.3. The number of nitrogens with zero attached hydrogens (tertiary/aromatic N) is 4. The number of aryl methyl sites for hydroxylation is 2. The molecule has 7 heteroatoms.